The van der Waals surface area contributed by atoms with E-state index in [-0.39, 0.29) is 24.1 Å². The predicted molar refractivity (Wildman–Crippen MR) is 163 cm³/mol. The van der Waals surface area contributed by atoms with Gasteiger partial charge < -0.3 is 19.7 Å². The summed E-state index contributed by atoms with van der Waals surface area (Å²) >= 11 is 0. The standard InChI is InChI=1S/C36H27N3O5/c1-43-26-9-6-8-24(21-26)33(41)31-30(32(40)23-13-15-25(16-14-23)44-20-18-37)36(28-11-4-5-12-29(28)38-35(36)42)34-27-10-3-2-7-22(27)17-19-39(31)34/h2-17,19,21,30-31,34H,20H2,1H3,(H,38,42)/t30-,31+,34+,36+/m1/s1. The van der Waals surface area contributed by atoms with Gasteiger partial charge in [0.05, 0.1) is 19.1 Å². The van der Waals surface area contributed by atoms with E-state index in [2.05, 4.69) is 5.32 Å². The molecule has 8 heteroatoms. The van der Waals surface area contributed by atoms with Crippen molar-refractivity contribution in [2.24, 2.45) is 5.92 Å². The van der Waals surface area contributed by atoms with Crippen LogP contribution >= 0.6 is 0 Å². The minimum absolute atomic E-state index is 0.129. The summed E-state index contributed by atoms with van der Waals surface area (Å²) in [6.07, 6.45) is 3.77. The predicted octanol–water partition coefficient (Wildman–Crippen LogP) is 5.58. The first-order valence-electron chi connectivity index (χ1n) is 14.3. The number of anilines is 1. The van der Waals surface area contributed by atoms with Crippen LogP contribution in [0.1, 0.15) is 43.4 Å². The van der Waals surface area contributed by atoms with Crippen LogP contribution in [0.2, 0.25) is 0 Å². The fraction of sp³-hybridized carbons (Fsp3) is 0.167. The molecule has 4 atom stereocenters. The SMILES string of the molecule is COc1cccc(C(=O)[C@@H]2[C@H](C(=O)c3ccc(OCC#N)cc3)[C@]3(C(=O)Nc4ccccc43)[C@@H]3c4ccccc4C=CN23)c1. The molecule has 3 aliphatic rings. The third kappa shape index (κ3) is 3.93. The number of rotatable bonds is 7. The van der Waals surface area contributed by atoms with E-state index in [1.165, 1.54) is 7.11 Å². The van der Waals surface area contributed by atoms with Gasteiger partial charge in [0.2, 0.25) is 5.91 Å². The molecular formula is C36H27N3O5. The number of methoxy groups -OCH3 is 1. The van der Waals surface area contributed by atoms with E-state index in [0.717, 1.165) is 11.1 Å². The van der Waals surface area contributed by atoms with E-state index < -0.39 is 23.4 Å². The lowest BCUT2D eigenvalue weighted by Crippen LogP contribution is -2.49. The minimum atomic E-state index is -1.43. The molecule has 1 fully saturated rings. The molecule has 4 aromatic rings. The summed E-state index contributed by atoms with van der Waals surface area (Å²) in [4.78, 5) is 46.1. The number of carbonyl (C=O) groups is 3. The maximum absolute atomic E-state index is 14.9. The second kappa shape index (κ2) is 10.5. The molecule has 216 valence electrons. The number of benzene rings is 4. The highest BCUT2D eigenvalue weighted by atomic mass is 16.5. The zero-order valence-electron chi connectivity index (χ0n) is 23.8. The summed E-state index contributed by atoms with van der Waals surface area (Å²) in [5.74, 6) is -1.11. The Balaban J connectivity index is 1.48. The van der Waals surface area contributed by atoms with E-state index in [1.807, 2.05) is 71.8 Å². The monoisotopic (exact) mass is 581 g/mol. The van der Waals surface area contributed by atoms with Crippen molar-refractivity contribution in [3.05, 3.63) is 131 Å². The molecule has 0 aliphatic carbocycles. The number of amides is 1. The van der Waals surface area contributed by atoms with Gasteiger partial charge in [-0.05, 0) is 65.2 Å². The van der Waals surface area contributed by atoms with Crippen molar-refractivity contribution in [1.82, 2.24) is 4.90 Å². The van der Waals surface area contributed by atoms with Crippen LogP contribution in [0.4, 0.5) is 5.69 Å². The van der Waals surface area contributed by atoms with Gasteiger partial charge in [0.25, 0.3) is 0 Å². The van der Waals surface area contributed by atoms with Gasteiger partial charge in [0.15, 0.2) is 18.2 Å². The van der Waals surface area contributed by atoms with Crippen LogP contribution in [0.15, 0.2) is 103 Å². The summed E-state index contributed by atoms with van der Waals surface area (Å²) in [5, 5.41) is 12.0. The number of carbonyl (C=O) groups excluding carboxylic acids is 3. The highest BCUT2D eigenvalue weighted by molar-refractivity contribution is 6.16. The molecule has 0 radical (unpaired) electrons. The lowest BCUT2D eigenvalue weighted by Gasteiger charge is -2.38. The van der Waals surface area contributed by atoms with Gasteiger partial charge in [-0.3, -0.25) is 14.4 Å². The van der Waals surface area contributed by atoms with Gasteiger partial charge in [0.1, 0.15) is 29.0 Å². The maximum Gasteiger partial charge on any atom is 0.238 e. The first-order chi connectivity index (χ1) is 21.5. The van der Waals surface area contributed by atoms with E-state index >= 15 is 0 Å². The topological polar surface area (TPSA) is 109 Å². The van der Waals surface area contributed by atoms with Gasteiger partial charge in [0, 0.05) is 23.0 Å². The van der Waals surface area contributed by atoms with Gasteiger partial charge in [-0.25, -0.2) is 0 Å². The van der Waals surface area contributed by atoms with Crippen LogP contribution in [0, 0.1) is 17.2 Å². The van der Waals surface area contributed by atoms with E-state index in [4.69, 9.17) is 14.7 Å². The number of hydrogen-bond donors (Lipinski definition) is 1. The smallest absolute Gasteiger partial charge is 0.238 e. The number of nitriles is 1. The third-order valence-electron chi connectivity index (χ3n) is 8.92. The van der Waals surface area contributed by atoms with Crippen LogP contribution in [-0.4, -0.2) is 42.1 Å². The molecule has 3 heterocycles. The molecule has 0 aromatic heterocycles. The number of fused-ring (bicyclic) bond motifs is 6. The van der Waals surface area contributed by atoms with Gasteiger partial charge in [-0.15, -0.1) is 0 Å². The van der Waals surface area contributed by atoms with Crippen molar-refractivity contribution in [1.29, 1.82) is 5.26 Å². The molecule has 1 spiro atoms. The maximum atomic E-state index is 14.9. The zero-order valence-corrected chi connectivity index (χ0v) is 23.8. The Bertz CT molecular complexity index is 1890. The molecule has 1 saturated heterocycles. The molecule has 7 rings (SSSR count). The molecular weight excluding hydrogens is 554 g/mol. The highest BCUT2D eigenvalue weighted by Gasteiger charge is 2.70. The first-order valence-corrected chi connectivity index (χ1v) is 14.3. The lowest BCUT2D eigenvalue weighted by molar-refractivity contribution is -0.122. The Hall–Kier alpha value is -5.68. The highest BCUT2D eigenvalue weighted by Crippen LogP contribution is 2.62. The van der Waals surface area contributed by atoms with Gasteiger partial charge >= 0.3 is 0 Å². The molecule has 0 bridgehead atoms. The van der Waals surface area contributed by atoms with E-state index in [9.17, 15) is 14.4 Å². The molecule has 8 nitrogen and oxygen atoms in total. The van der Waals surface area contributed by atoms with Gasteiger partial charge in [-0.2, -0.15) is 5.26 Å². The van der Waals surface area contributed by atoms with Crippen LogP contribution in [0.3, 0.4) is 0 Å². The Morgan fingerprint density at radius 1 is 0.909 bits per heavy atom. The molecule has 1 amide bonds. The summed E-state index contributed by atoms with van der Waals surface area (Å²) < 4.78 is 10.8. The van der Waals surface area contributed by atoms with E-state index in [1.54, 1.807) is 48.5 Å². The van der Waals surface area contributed by atoms with Crippen molar-refractivity contribution in [2.75, 3.05) is 19.0 Å². The van der Waals surface area contributed by atoms with Crippen molar-refractivity contribution in [2.45, 2.75) is 17.5 Å². The number of hydrogen-bond acceptors (Lipinski definition) is 7. The van der Waals surface area contributed by atoms with Crippen molar-refractivity contribution in [3.63, 3.8) is 0 Å². The quantitative estimate of drug-likeness (QED) is 0.284. The summed E-state index contributed by atoms with van der Waals surface area (Å²) in [7, 11) is 1.53. The summed E-state index contributed by atoms with van der Waals surface area (Å²) in [6, 6.07) is 28.8. The number of ether oxygens (including phenoxy) is 2. The minimum Gasteiger partial charge on any atom is -0.497 e. The number of Topliss-reactive ketones (excluding diaryl/α,β-unsaturated/α-hetero) is 2. The zero-order chi connectivity index (χ0) is 30.4. The Labute approximate surface area is 254 Å². The van der Waals surface area contributed by atoms with Crippen LogP contribution in [-0.2, 0) is 10.2 Å². The van der Waals surface area contributed by atoms with Crippen LogP contribution in [0.25, 0.3) is 6.08 Å². The Morgan fingerprint density at radius 2 is 1.68 bits per heavy atom. The molecule has 0 unspecified atom stereocenters. The number of nitrogens with zero attached hydrogens (tertiary/aromatic N) is 2. The average Bonchev–Trinajstić information content (AvgIpc) is 3.55. The lowest BCUT2D eigenvalue weighted by atomic mass is 9.62. The first kappa shape index (κ1) is 27.2. The third-order valence-corrected chi connectivity index (χ3v) is 8.92. The van der Waals surface area contributed by atoms with Gasteiger partial charge in [-0.1, -0.05) is 54.6 Å². The fourth-order valence-corrected chi connectivity index (χ4v) is 7.13. The largest absolute Gasteiger partial charge is 0.497 e. The number of para-hydroxylation sites is 1. The average molecular weight is 582 g/mol. The molecule has 3 aliphatic heterocycles. The van der Waals surface area contributed by atoms with Crippen molar-refractivity contribution in [3.8, 4) is 17.6 Å². The second-order valence-corrected chi connectivity index (χ2v) is 11.0. The van der Waals surface area contributed by atoms with E-state index in [0.29, 0.717) is 33.9 Å². The number of ketones is 2. The Kier molecular flexibility index (Phi) is 6.51. The molecule has 0 saturated carbocycles. The summed E-state index contributed by atoms with van der Waals surface area (Å²) in [6.45, 7) is -0.129. The Morgan fingerprint density at radius 3 is 2.48 bits per heavy atom. The fourth-order valence-electron chi connectivity index (χ4n) is 7.13. The normalized spacial score (nSPS) is 22.4. The molecule has 44 heavy (non-hydrogen) atoms. The second-order valence-electron chi connectivity index (χ2n) is 11.0. The molecule has 1 N–H and O–H groups in total. The van der Waals surface area contributed by atoms with Crippen molar-refractivity contribution < 1.29 is 23.9 Å². The summed E-state index contributed by atoms with van der Waals surface area (Å²) in [5.41, 5.74) is 2.36. The molecule has 4 aromatic carbocycles. The van der Waals surface area contributed by atoms with Crippen LogP contribution < -0.4 is 14.8 Å². The van der Waals surface area contributed by atoms with Crippen molar-refractivity contribution >= 4 is 29.2 Å². The number of nitrogens with one attached hydrogen (secondary N) is 1. The van der Waals surface area contributed by atoms with Crippen LogP contribution in [0.5, 0.6) is 11.5 Å².